The molecule has 0 radical (unpaired) electrons. The second kappa shape index (κ2) is 6.43. The van der Waals surface area contributed by atoms with Crippen LogP contribution in [-0.2, 0) is 6.42 Å². The van der Waals surface area contributed by atoms with Crippen LogP contribution in [0.25, 0.3) is 11.3 Å². The van der Waals surface area contributed by atoms with E-state index in [9.17, 15) is 5.11 Å². The average molecular weight is 333 g/mol. The van der Waals surface area contributed by atoms with E-state index in [0.717, 1.165) is 29.9 Å². The lowest BCUT2D eigenvalue weighted by Gasteiger charge is -2.15. The summed E-state index contributed by atoms with van der Waals surface area (Å²) in [5, 5.41) is 13.2. The van der Waals surface area contributed by atoms with Crippen molar-refractivity contribution in [2.45, 2.75) is 18.9 Å². The summed E-state index contributed by atoms with van der Waals surface area (Å²) in [5.41, 5.74) is 4.31. The molecule has 1 heterocycles. The van der Waals surface area contributed by atoms with Gasteiger partial charge in [-0.1, -0.05) is 24.3 Å². The Hall–Kier alpha value is -3.08. The van der Waals surface area contributed by atoms with Gasteiger partial charge in [-0.3, -0.25) is 4.98 Å². The molecule has 0 saturated carbocycles. The van der Waals surface area contributed by atoms with E-state index in [4.69, 9.17) is 4.74 Å². The van der Waals surface area contributed by atoms with E-state index in [1.807, 2.05) is 0 Å². The Labute approximate surface area is 146 Å². The predicted molar refractivity (Wildman–Crippen MR) is 96.8 cm³/mol. The number of aryl methyl sites for hydroxylation is 1. The minimum absolute atomic E-state index is 0.107. The van der Waals surface area contributed by atoms with Crippen LogP contribution in [0.2, 0.25) is 0 Å². The zero-order valence-corrected chi connectivity index (χ0v) is 13.9. The Bertz CT molecular complexity index is 911. The molecule has 0 spiro atoms. The number of nitrogens with one attached hydrogen (secondary N) is 1. The number of aromatic hydroxyl groups is 1. The summed E-state index contributed by atoms with van der Waals surface area (Å²) in [6.07, 6.45) is 5.58. The van der Waals surface area contributed by atoms with Crippen LogP contribution >= 0.6 is 0 Å². The second-order valence-electron chi connectivity index (χ2n) is 6.11. The summed E-state index contributed by atoms with van der Waals surface area (Å²) >= 11 is 0. The molecule has 1 aliphatic rings. The van der Waals surface area contributed by atoms with E-state index < -0.39 is 0 Å². The number of ether oxygens (including phenoxy) is 1. The van der Waals surface area contributed by atoms with Crippen LogP contribution in [0.4, 0.5) is 5.82 Å². The van der Waals surface area contributed by atoms with Crippen molar-refractivity contribution in [1.29, 1.82) is 0 Å². The molecule has 5 heteroatoms. The molecule has 0 amide bonds. The van der Waals surface area contributed by atoms with Gasteiger partial charge < -0.3 is 15.2 Å². The molecule has 0 saturated heterocycles. The third-order valence-corrected chi connectivity index (χ3v) is 4.57. The van der Waals surface area contributed by atoms with Crippen molar-refractivity contribution in [1.82, 2.24) is 9.97 Å². The molecule has 4 rings (SSSR count). The quantitative estimate of drug-likeness (QED) is 0.756. The molecule has 126 valence electrons. The Kier molecular flexibility index (Phi) is 3.98. The lowest BCUT2D eigenvalue weighted by Crippen LogP contribution is -2.09. The molecule has 25 heavy (non-hydrogen) atoms. The predicted octanol–water partition coefficient (Wildman–Crippen LogP) is 3.96. The second-order valence-corrected chi connectivity index (χ2v) is 6.11. The van der Waals surface area contributed by atoms with Crippen LogP contribution < -0.4 is 10.1 Å². The third kappa shape index (κ3) is 3.01. The number of nitrogens with zero attached hydrogens (tertiary/aromatic N) is 2. The smallest absolute Gasteiger partial charge is 0.161 e. The molecule has 1 aromatic heterocycles. The molecule has 0 fully saturated rings. The number of hydrogen-bond donors (Lipinski definition) is 2. The van der Waals surface area contributed by atoms with Crippen molar-refractivity contribution >= 4 is 5.82 Å². The summed E-state index contributed by atoms with van der Waals surface area (Å²) in [5.74, 6) is 1.27. The summed E-state index contributed by atoms with van der Waals surface area (Å²) < 4.78 is 5.17. The summed E-state index contributed by atoms with van der Waals surface area (Å²) in [6.45, 7) is 0. The van der Waals surface area contributed by atoms with Gasteiger partial charge in [-0.25, -0.2) is 4.98 Å². The number of benzene rings is 2. The van der Waals surface area contributed by atoms with Gasteiger partial charge in [0.2, 0.25) is 0 Å². The van der Waals surface area contributed by atoms with Gasteiger partial charge in [0.1, 0.15) is 5.82 Å². The average Bonchev–Trinajstić information content (AvgIpc) is 3.05. The van der Waals surface area contributed by atoms with E-state index in [2.05, 4.69) is 39.6 Å². The molecule has 1 atom stereocenters. The Morgan fingerprint density at radius 2 is 2.04 bits per heavy atom. The number of phenols is 1. The van der Waals surface area contributed by atoms with Crippen molar-refractivity contribution < 1.29 is 9.84 Å². The van der Waals surface area contributed by atoms with Crippen molar-refractivity contribution in [2.75, 3.05) is 12.4 Å². The number of rotatable bonds is 4. The summed E-state index contributed by atoms with van der Waals surface area (Å²) in [4.78, 5) is 8.98. The van der Waals surface area contributed by atoms with Gasteiger partial charge in [0.25, 0.3) is 0 Å². The van der Waals surface area contributed by atoms with Crippen LogP contribution in [0.15, 0.2) is 54.9 Å². The van der Waals surface area contributed by atoms with Crippen LogP contribution in [0, 0.1) is 0 Å². The van der Waals surface area contributed by atoms with E-state index in [-0.39, 0.29) is 11.8 Å². The van der Waals surface area contributed by atoms with E-state index in [0.29, 0.717) is 5.75 Å². The molecular formula is C20H19N3O2. The minimum Gasteiger partial charge on any atom is -0.504 e. The van der Waals surface area contributed by atoms with Gasteiger partial charge in [0.05, 0.1) is 31.2 Å². The highest BCUT2D eigenvalue weighted by Gasteiger charge is 2.22. The van der Waals surface area contributed by atoms with Crippen LogP contribution in [0.1, 0.15) is 23.6 Å². The van der Waals surface area contributed by atoms with Gasteiger partial charge in [-0.2, -0.15) is 0 Å². The first-order chi connectivity index (χ1) is 12.2. The van der Waals surface area contributed by atoms with Crippen LogP contribution in [-0.4, -0.2) is 22.2 Å². The molecule has 5 nitrogen and oxygen atoms in total. The van der Waals surface area contributed by atoms with Gasteiger partial charge in [0, 0.05) is 5.56 Å². The molecule has 0 unspecified atom stereocenters. The highest BCUT2D eigenvalue weighted by atomic mass is 16.5. The first-order valence-electron chi connectivity index (χ1n) is 8.28. The highest BCUT2D eigenvalue weighted by Crippen LogP contribution is 2.34. The van der Waals surface area contributed by atoms with E-state index in [1.54, 1.807) is 30.6 Å². The van der Waals surface area contributed by atoms with Crippen molar-refractivity contribution in [3.63, 3.8) is 0 Å². The maximum atomic E-state index is 9.75. The van der Waals surface area contributed by atoms with E-state index >= 15 is 0 Å². The lowest BCUT2D eigenvalue weighted by atomic mass is 10.1. The Morgan fingerprint density at radius 1 is 1.16 bits per heavy atom. The van der Waals surface area contributed by atoms with Gasteiger partial charge in [-0.05, 0) is 42.2 Å². The van der Waals surface area contributed by atoms with Crippen molar-refractivity contribution in [3.05, 3.63) is 66.0 Å². The number of phenolic OH excluding ortho intramolecular Hbond substituents is 1. The first kappa shape index (κ1) is 15.4. The minimum atomic E-state index is 0.107. The number of aromatic nitrogens is 2. The van der Waals surface area contributed by atoms with Gasteiger partial charge in [-0.15, -0.1) is 0 Å². The monoisotopic (exact) mass is 333 g/mol. The standard InChI is InChI=1S/C20H19N3O2/c1-25-19-10-14(7-9-18(19)24)17-11-21-12-20(23-17)22-16-8-6-13-4-2-3-5-15(13)16/h2-5,7,9-12,16,24H,6,8H2,1H3,(H,22,23)/t16-/m1/s1. The maximum Gasteiger partial charge on any atom is 0.161 e. The molecule has 0 bridgehead atoms. The molecule has 3 aromatic rings. The molecular weight excluding hydrogens is 314 g/mol. The van der Waals surface area contributed by atoms with Gasteiger partial charge >= 0.3 is 0 Å². The number of hydrogen-bond acceptors (Lipinski definition) is 5. The van der Waals surface area contributed by atoms with Crippen molar-refractivity contribution in [3.8, 4) is 22.8 Å². The van der Waals surface area contributed by atoms with Crippen LogP contribution in [0.3, 0.4) is 0 Å². The molecule has 2 aromatic carbocycles. The molecule has 2 N–H and O–H groups in total. The number of anilines is 1. The SMILES string of the molecule is COc1cc(-c2cncc(N[C@@H]3CCc4ccccc43)n2)ccc1O. The first-order valence-corrected chi connectivity index (χ1v) is 8.28. The number of methoxy groups -OCH3 is 1. The molecule has 0 aliphatic heterocycles. The van der Waals surface area contributed by atoms with E-state index in [1.165, 1.54) is 18.2 Å². The van der Waals surface area contributed by atoms with Crippen molar-refractivity contribution in [2.24, 2.45) is 0 Å². The third-order valence-electron chi connectivity index (χ3n) is 4.57. The Balaban J connectivity index is 1.60. The normalized spacial score (nSPS) is 15.6. The zero-order valence-electron chi connectivity index (χ0n) is 13.9. The fourth-order valence-electron chi connectivity index (χ4n) is 3.30. The topological polar surface area (TPSA) is 67.3 Å². The molecule has 1 aliphatic carbocycles. The Morgan fingerprint density at radius 3 is 2.92 bits per heavy atom. The summed E-state index contributed by atoms with van der Waals surface area (Å²) in [6, 6.07) is 13.9. The maximum absolute atomic E-state index is 9.75. The lowest BCUT2D eigenvalue weighted by molar-refractivity contribution is 0.373. The highest BCUT2D eigenvalue weighted by molar-refractivity contribution is 5.64. The van der Waals surface area contributed by atoms with Gasteiger partial charge in [0.15, 0.2) is 11.5 Å². The number of fused-ring (bicyclic) bond motifs is 1. The summed E-state index contributed by atoms with van der Waals surface area (Å²) in [7, 11) is 1.53. The van der Waals surface area contributed by atoms with Crippen LogP contribution in [0.5, 0.6) is 11.5 Å². The fraction of sp³-hybridized carbons (Fsp3) is 0.200. The largest absolute Gasteiger partial charge is 0.504 e. The zero-order chi connectivity index (χ0) is 17.2. The fourth-order valence-corrected chi connectivity index (χ4v) is 3.30.